The molecule has 1 aromatic rings. The van der Waals surface area contributed by atoms with Crippen molar-refractivity contribution in [3.8, 4) is 0 Å². The minimum atomic E-state index is -0.801. The highest BCUT2D eigenvalue weighted by atomic mass is 16.5. The number of benzene rings is 1. The van der Waals surface area contributed by atoms with Gasteiger partial charge in [-0.05, 0) is 75.5 Å². The van der Waals surface area contributed by atoms with Crippen LogP contribution in [0.15, 0.2) is 54.6 Å². The fourth-order valence-corrected chi connectivity index (χ4v) is 4.32. The number of aryl methyl sites for hydroxylation is 1. The Hall–Kier alpha value is -2.66. The van der Waals surface area contributed by atoms with Crippen LogP contribution >= 0.6 is 0 Å². The Morgan fingerprint density at radius 2 is 2.10 bits per heavy atom. The number of fused-ring (bicyclic) bond motifs is 1. The summed E-state index contributed by atoms with van der Waals surface area (Å²) in [6, 6.07) is 7.89. The Morgan fingerprint density at radius 1 is 1.26 bits per heavy atom. The van der Waals surface area contributed by atoms with Gasteiger partial charge in [0.2, 0.25) is 0 Å². The number of carbonyl (C=O) groups excluding carboxylic acids is 2. The van der Waals surface area contributed by atoms with Crippen molar-refractivity contribution in [1.29, 1.82) is 0 Å². The van der Waals surface area contributed by atoms with Crippen molar-refractivity contribution in [2.75, 3.05) is 0 Å². The monoisotopic (exact) mass is 424 g/mol. The Morgan fingerprint density at radius 3 is 2.90 bits per heavy atom. The van der Waals surface area contributed by atoms with Crippen LogP contribution in [0.5, 0.6) is 0 Å². The number of esters is 2. The molecule has 31 heavy (non-hydrogen) atoms. The average molecular weight is 425 g/mol. The van der Waals surface area contributed by atoms with Crippen molar-refractivity contribution in [3.63, 3.8) is 0 Å². The van der Waals surface area contributed by atoms with Gasteiger partial charge in [0.05, 0.1) is 12.2 Å². The van der Waals surface area contributed by atoms with E-state index >= 15 is 0 Å². The molecule has 0 amide bonds. The van der Waals surface area contributed by atoms with Gasteiger partial charge >= 0.3 is 11.9 Å². The first-order valence-corrected chi connectivity index (χ1v) is 11.1. The lowest BCUT2D eigenvalue weighted by Crippen LogP contribution is -2.22. The van der Waals surface area contributed by atoms with Gasteiger partial charge in [0.1, 0.15) is 6.10 Å². The molecule has 0 unspecified atom stereocenters. The minimum absolute atomic E-state index is 0.0902. The highest BCUT2D eigenvalue weighted by Gasteiger charge is 2.38. The van der Waals surface area contributed by atoms with Gasteiger partial charge in [0.25, 0.3) is 0 Å². The molecule has 1 fully saturated rings. The Labute approximate surface area is 184 Å². The third kappa shape index (κ3) is 7.21. The lowest BCUT2D eigenvalue weighted by Gasteiger charge is -2.19. The van der Waals surface area contributed by atoms with Crippen molar-refractivity contribution in [2.45, 2.75) is 64.3 Å². The third-order valence-corrected chi connectivity index (χ3v) is 5.91. The standard InChI is InChI=1S/C26H32O5/c1-18-7-6-9-20(15-18)11-13-26(29)31-22-16-21-10-5-3-4-8-19(2)30-25(28)14-12-24(27)23(21)17-22/h5-7,9-15,19,21-24,27H,3-4,8,16-17H2,1-2H3/b10-5+,13-11+,14-12+/t19-,21+,22-,23+,24+/m0/s1. The van der Waals surface area contributed by atoms with E-state index in [-0.39, 0.29) is 30.0 Å². The summed E-state index contributed by atoms with van der Waals surface area (Å²) in [4.78, 5) is 24.3. The van der Waals surface area contributed by atoms with E-state index in [2.05, 4.69) is 12.2 Å². The van der Waals surface area contributed by atoms with E-state index in [9.17, 15) is 14.7 Å². The summed E-state index contributed by atoms with van der Waals surface area (Å²) >= 11 is 0. The quantitative estimate of drug-likeness (QED) is 0.438. The zero-order chi connectivity index (χ0) is 22.2. The predicted octanol–water partition coefficient (Wildman–Crippen LogP) is 4.54. The number of aliphatic hydroxyl groups excluding tert-OH is 1. The van der Waals surface area contributed by atoms with E-state index in [1.54, 1.807) is 6.08 Å². The molecule has 1 heterocycles. The molecule has 5 atom stereocenters. The molecule has 0 aromatic heterocycles. The van der Waals surface area contributed by atoms with Gasteiger partial charge < -0.3 is 14.6 Å². The van der Waals surface area contributed by atoms with Gasteiger partial charge in [-0.25, -0.2) is 9.59 Å². The molecule has 5 heteroatoms. The van der Waals surface area contributed by atoms with Crippen LogP contribution in [0.25, 0.3) is 6.08 Å². The van der Waals surface area contributed by atoms with E-state index in [4.69, 9.17) is 9.47 Å². The second-order valence-electron chi connectivity index (χ2n) is 8.56. The maximum atomic E-state index is 12.3. The van der Waals surface area contributed by atoms with Crippen molar-refractivity contribution in [2.24, 2.45) is 11.8 Å². The van der Waals surface area contributed by atoms with Crippen LogP contribution < -0.4 is 0 Å². The van der Waals surface area contributed by atoms with Crippen LogP contribution in [0.2, 0.25) is 0 Å². The van der Waals surface area contributed by atoms with Gasteiger partial charge in [-0.1, -0.05) is 42.0 Å². The molecule has 3 rings (SSSR count). The number of allylic oxidation sites excluding steroid dienone is 2. The van der Waals surface area contributed by atoms with Crippen molar-refractivity contribution in [3.05, 3.63) is 65.8 Å². The summed E-state index contributed by atoms with van der Waals surface area (Å²) in [5, 5.41) is 10.7. The maximum absolute atomic E-state index is 12.3. The maximum Gasteiger partial charge on any atom is 0.331 e. The number of aliphatic hydroxyl groups is 1. The summed E-state index contributed by atoms with van der Waals surface area (Å²) in [6.45, 7) is 3.89. The molecular weight excluding hydrogens is 392 g/mol. The second-order valence-corrected chi connectivity index (χ2v) is 8.56. The molecule has 0 radical (unpaired) electrons. The SMILES string of the molecule is Cc1cccc(/C=C/C(=O)O[C@@H]2C[C@H]3[C@H](O)/C=C/C(=O)O[C@@H](C)CCC/C=C/[C@@H]3C2)c1. The molecule has 166 valence electrons. The fraction of sp³-hybridized carbons (Fsp3) is 0.462. The second kappa shape index (κ2) is 11.1. The molecule has 1 aliphatic heterocycles. The fourth-order valence-electron chi connectivity index (χ4n) is 4.32. The van der Waals surface area contributed by atoms with E-state index < -0.39 is 12.1 Å². The molecule has 5 nitrogen and oxygen atoms in total. The third-order valence-electron chi connectivity index (χ3n) is 5.91. The Balaban J connectivity index is 1.63. The summed E-state index contributed by atoms with van der Waals surface area (Å²) in [5.41, 5.74) is 2.08. The van der Waals surface area contributed by atoms with E-state index in [0.29, 0.717) is 12.8 Å². The summed E-state index contributed by atoms with van der Waals surface area (Å²) in [6.07, 6.45) is 12.9. The van der Waals surface area contributed by atoms with Crippen LogP contribution in [0, 0.1) is 18.8 Å². The van der Waals surface area contributed by atoms with E-state index in [1.165, 1.54) is 18.2 Å². The summed E-state index contributed by atoms with van der Waals surface area (Å²) in [5.74, 6) is -0.839. The zero-order valence-corrected chi connectivity index (χ0v) is 18.3. The van der Waals surface area contributed by atoms with Crippen LogP contribution in [0.1, 0.15) is 50.2 Å². The van der Waals surface area contributed by atoms with E-state index in [1.807, 2.05) is 38.1 Å². The first kappa shape index (κ1) is 23.0. The van der Waals surface area contributed by atoms with Crippen molar-refractivity contribution >= 4 is 18.0 Å². The molecule has 1 N–H and O–H groups in total. The number of carbonyl (C=O) groups is 2. The predicted molar refractivity (Wildman–Crippen MR) is 120 cm³/mol. The highest BCUT2D eigenvalue weighted by molar-refractivity contribution is 5.87. The molecule has 1 aromatic carbocycles. The van der Waals surface area contributed by atoms with Crippen LogP contribution in [0.3, 0.4) is 0 Å². The minimum Gasteiger partial charge on any atom is -0.460 e. The number of hydrogen-bond acceptors (Lipinski definition) is 5. The van der Waals surface area contributed by atoms with Crippen LogP contribution in [-0.4, -0.2) is 35.4 Å². The molecule has 1 aliphatic carbocycles. The van der Waals surface area contributed by atoms with Gasteiger partial charge in [0.15, 0.2) is 0 Å². The molecule has 0 saturated heterocycles. The molecule has 1 saturated carbocycles. The normalized spacial score (nSPS) is 31.6. The molecular formula is C26H32O5. The van der Waals surface area contributed by atoms with Gasteiger partial charge in [-0.3, -0.25) is 0 Å². The molecule has 0 bridgehead atoms. The number of ether oxygens (including phenoxy) is 2. The first-order chi connectivity index (χ1) is 14.9. The Bertz CT molecular complexity index is 853. The number of rotatable bonds is 3. The zero-order valence-electron chi connectivity index (χ0n) is 18.3. The lowest BCUT2D eigenvalue weighted by atomic mass is 9.90. The number of hydrogen-bond donors (Lipinski definition) is 1. The van der Waals surface area contributed by atoms with Gasteiger partial charge in [-0.2, -0.15) is 0 Å². The smallest absolute Gasteiger partial charge is 0.331 e. The number of cyclic esters (lactones) is 1. The first-order valence-electron chi connectivity index (χ1n) is 11.1. The van der Waals surface area contributed by atoms with Crippen molar-refractivity contribution in [1.82, 2.24) is 0 Å². The lowest BCUT2D eigenvalue weighted by molar-refractivity contribution is -0.143. The van der Waals surface area contributed by atoms with Crippen molar-refractivity contribution < 1.29 is 24.2 Å². The van der Waals surface area contributed by atoms with Gasteiger partial charge in [0, 0.05) is 12.2 Å². The molecule has 0 spiro atoms. The van der Waals surface area contributed by atoms with Crippen LogP contribution in [0.4, 0.5) is 0 Å². The highest BCUT2D eigenvalue weighted by Crippen LogP contribution is 2.38. The average Bonchev–Trinajstić information content (AvgIpc) is 3.12. The summed E-state index contributed by atoms with van der Waals surface area (Å²) < 4.78 is 11.0. The molecule has 2 aliphatic rings. The Kier molecular flexibility index (Phi) is 8.24. The van der Waals surface area contributed by atoms with E-state index in [0.717, 1.165) is 30.4 Å². The topological polar surface area (TPSA) is 72.8 Å². The van der Waals surface area contributed by atoms with Crippen LogP contribution in [-0.2, 0) is 19.1 Å². The summed E-state index contributed by atoms with van der Waals surface area (Å²) in [7, 11) is 0. The largest absolute Gasteiger partial charge is 0.460 e. The van der Waals surface area contributed by atoms with Gasteiger partial charge in [-0.15, -0.1) is 0 Å².